The predicted molar refractivity (Wildman–Crippen MR) is 122 cm³/mol. The fraction of sp³-hybridized carbons (Fsp3) is 0.0435. The van der Waals surface area contributed by atoms with Crippen molar-refractivity contribution in [3.05, 3.63) is 88.2 Å². The summed E-state index contributed by atoms with van der Waals surface area (Å²) in [6.45, 7) is 0. The van der Waals surface area contributed by atoms with Crippen molar-refractivity contribution >= 4 is 38.3 Å². The number of nitrogens with zero attached hydrogens (tertiary/aromatic N) is 1. The van der Waals surface area contributed by atoms with Crippen LogP contribution in [0.25, 0.3) is 22.4 Å². The number of thiazole rings is 1. The number of benzene rings is 3. The smallest absolute Gasteiger partial charge is 0.257 e. The highest BCUT2D eigenvalue weighted by Crippen LogP contribution is 2.29. The van der Waals surface area contributed by atoms with E-state index in [1.165, 1.54) is 16.9 Å². The molecule has 1 aromatic heterocycles. The highest BCUT2D eigenvalue weighted by atomic mass is 79.9. The summed E-state index contributed by atoms with van der Waals surface area (Å²) in [6, 6.07) is 23.7. The summed E-state index contributed by atoms with van der Waals surface area (Å²) in [7, 11) is 1.59. The van der Waals surface area contributed by atoms with Gasteiger partial charge in [-0.1, -0.05) is 54.6 Å². The molecule has 0 spiro atoms. The molecule has 0 saturated carbocycles. The number of nitrogens with one attached hydrogen (secondary N) is 1. The van der Waals surface area contributed by atoms with E-state index in [1.54, 1.807) is 25.3 Å². The van der Waals surface area contributed by atoms with Crippen LogP contribution in [0.5, 0.6) is 5.75 Å². The first kappa shape index (κ1) is 19.4. The van der Waals surface area contributed by atoms with Gasteiger partial charge in [-0.15, -0.1) is 11.3 Å². The van der Waals surface area contributed by atoms with E-state index >= 15 is 0 Å². The molecule has 1 N–H and O–H groups in total. The van der Waals surface area contributed by atoms with E-state index < -0.39 is 0 Å². The van der Waals surface area contributed by atoms with Crippen LogP contribution in [0.3, 0.4) is 0 Å². The standard InChI is InChI=1S/C23H17BrN2O2S/c1-28-21-12-11-18(13-19(21)24)22(27)26-23-25-20(14-29-23)17-9-7-16(8-10-17)15-5-3-2-4-6-15/h2-14H,1H3,(H,25,26,27). The molecule has 0 radical (unpaired) electrons. The van der Waals surface area contributed by atoms with Gasteiger partial charge >= 0.3 is 0 Å². The summed E-state index contributed by atoms with van der Waals surface area (Å²) in [5.41, 5.74) is 4.70. The van der Waals surface area contributed by atoms with Crippen molar-refractivity contribution in [3.8, 4) is 28.1 Å². The lowest BCUT2D eigenvalue weighted by Crippen LogP contribution is -2.11. The number of carbonyl (C=O) groups is 1. The summed E-state index contributed by atoms with van der Waals surface area (Å²) in [4.78, 5) is 17.1. The predicted octanol–water partition coefficient (Wildman–Crippen LogP) is 6.50. The molecule has 144 valence electrons. The van der Waals surface area contributed by atoms with Crippen molar-refractivity contribution in [1.82, 2.24) is 4.98 Å². The van der Waals surface area contributed by atoms with Gasteiger partial charge in [-0.05, 0) is 45.3 Å². The van der Waals surface area contributed by atoms with Gasteiger partial charge in [0.25, 0.3) is 5.91 Å². The Hall–Kier alpha value is -2.96. The molecule has 0 saturated heterocycles. The molecule has 3 aromatic carbocycles. The highest BCUT2D eigenvalue weighted by molar-refractivity contribution is 9.10. The van der Waals surface area contributed by atoms with Gasteiger partial charge in [0.2, 0.25) is 0 Å². The summed E-state index contributed by atoms with van der Waals surface area (Å²) < 4.78 is 5.93. The average molecular weight is 465 g/mol. The van der Waals surface area contributed by atoms with E-state index in [-0.39, 0.29) is 5.91 Å². The molecule has 0 aliphatic rings. The van der Waals surface area contributed by atoms with Gasteiger partial charge in [-0.25, -0.2) is 4.98 Å². The maximum absolute atomic E-state index is 12.5. The second-order valence-electron chi connectivity index (χ2n) is 6.28. The second-order valence-corrected chi connectivity index (χ2v) is 8.00. The maximum atomic E-state index is 12.5. The van der Waals surface area contributed by atoms with E-state index in [1.807, 2.05) is 35.7 Å². The number of amides is 1. The molecule has 0 fully saturated rings. The number of carbonyl (C=O) groups excluding carboxylic acids is 1. The van der Waals surface area contributed by atoms with Crippen LogP contribution in [0.15, 0.2) is 82.6 Å². The number of hydrogen-bond acceptors (Lipinski definition) is 4. The van der Waals surface area contributed by atoms with Crippen LogP contribution in [0, 0.1) is 0 Å². The molecule has 6 heteroatoms. The molecule has 0 aliphatic carbocycles. The number of halogens is 1. The summed E-state index contributed by atoms with van der Waals surface area (Å²) >= 11 is 4.80. The molecular weight excluding hydrogens is 448 g/mol. The molecule has 0 unspecified atom stereocenters. The number of methoxy groups -OCH3 is 1. The van der Waals surface area contributed by atoms with E-state index in [2.05, 4.69) is 50.5 Å². The molecule has 0 bridgehead atoms. The van der Waals surface area contributed by atoms with Crippen molar-refractivity contribution < 1.29 is 9.53 Å². The van der Waals surface area contributed by atoms with Crippen LogP contribution in [0.2, 0.25) is 0 Å². The molecule has 4 nitrogen and oxygen atoms in total. The number of anilines is 1. The maximum Gasteiger partial charge on any atom is 0.257 e. The summed E-state index contributed by atoms with van der Waals surface area (Å²) in [5.74, 6) is 0.464. The Bertz CT molecular complexity index is 1140. The number of hydrogen-bond donors (Lipinski definition) is 1. The Morgan fingerprint density at radius 2 is 1.66 bits per heavy atom. The Balaban J connectivity index is 1.48. The van der Waals surface area contributed by atoms with Gasteiger partial charge in [0.1, 0.15) is 5.75 Å². The lowest BCUT2D eigenvalue weighted by molar-refractivity contribution is 0.102. The van der Waals surface area contributed by atoms with Crippen LogP contribution in [0.4, 0.5) is 5.13 Å². The van der Waals surface area contributed by atoms with Crippen molar-refractivity contribution in [2.75, 3.05) is 12.4 Å². The van der Waals surface area contributed by atoms with Crippen LogP contribution in [-0.2, 0) is 0 Å². The third kappa shape index (κ3) is 4.39. The zero-order valence-corrected chi connectivity index (χ0v) is 18.0. The Kier molecular flexibility index (Phi) is 5.74. The molecule has 29 heavy (non-hydrogen) atoms. The van der Waals surface area contributed by atoms with Crippen LogP contribution in [0.1, 0.15) is 10.4 Å². The monoisotopic (exact) mass is 464 g/mol. The van der Waals surface area contributed by atoms with Gasteiger partial charge in [-0.3, -0.25) is 10.1 Å². The lowest BCUT2D eigenvalue weighted by atomic mass is 10.0. The first-order valence-corrected chi connectivity index (χ1v) is 10.6. The molecule has 1 amide bonds. The van der Waals surface area contributed by atoms with Crippen LogP contribution >= 0.6 is 27.3 Å². The minimum absolute atomic E-state index is 0.214. The summed E-state index contributed by atoms with van der Waals surface area (Å²) in [5, 5.41) is 5.36. The van der Waals surface area contributed by atoms with Gasteiger partial charge in [0.15, 0.2) is 5.13 Å². The first-order chi connectivity index (χ1) is 14.1. The van der Waals surface area contributed by atoms with Gasteiger partial charge < -0.3 is 4.74 Å². The van der Waals surface area contributed by atoms with Crippen molar-refractivity contribution in [2.45, 2.75) is 0 Å². The minimum atomic E-state index is -0.214. The molecular formula is C23H17BrN2O2S. The number of aromatic nitrogens is 1. The minimum Gasteiger partial charge on any atom is -0.496 e. The SMILES string of the molecule is COc1ccc(C(=O)Nc2nc(-c3ccc(-c4ccccc4)cc3)cs2)cc1Br. The molecule has 0 atom stereocenters. The van der Waals surface area contributed by atoms with Crippen LogP contribution < -0.4 is 10.1 Å². The van der Waals surface area contributed by atoms with E-state index in [0.29, 0.717) is 16.4 Å². The third-order valence-electron chi connectivity index (χ3n) is 4.43. The topological polar surface area (TPSA) is 51.2 Å². The fourth-order valence-electron chi connectivity index (χ4n) is 2.90. The third-order valence-corrected chi connectivity index (χ3v) is 5.80. The Morgan fingerprint density at radius 1 is 0.966 bits per heavy atom. The molecule has 1 heterocycles. The Labute approximate surface area is 181 Å². The highest BCUT2D eigenvalue weighted by Gasteiger charge is 2.12. The average Bonchev–Trinajstić information content (AvgIpc) is 3.23. The zero-order valence-electron chi connectivity index (χ0n) is 15.6. The zero-order chi connectivity index (χ0) is 20.2. The first-order valence-electron chi connectivity index (χ1n) is 8.90. The van der Waals surface area contributed by atoms with Gasteiger partial charge in [0, 0.05) is 16.5 Å². The molecule has 0 aliphatic heterocycles. The van der Waals surface area contributed by atoms with Crippen molar-refractivity contribution in [3.63, 3.8) is 0 Å². The van der Waals surface area contributed by atoms with Crippen LogP contribution in [-0.4, -0.2) is 18.0 Å². The van der Waals surface area contributed by atoms with Crippen molar-refractivity contribution in [1.29, 1.82) is 0 Å². The quantitative estimate of drug-likeness (QED) is 0.366. The molecule has 4 aromatic rings. The summed E-state index contributed by atoms with van der Waals surface area (Å²) in [6.07, 6.45) is 0. The van der Waals surface area contributed by atoms with Crippen molar-refractivity contribution in [2.24, 2.45) is 0 Å². The fourth-order valence-corrected chi connectivity index (χ4v) is 4.16. The largest absolute Gasteiger partial charge is 0.496 e. The second kappa shape index (κ2) is 8.59. The van der Waals surface area contributed by atoms with E-state index in [4.69, 9.17) is 4.74 Å². The van der Waals surface area contributed by atoms with Gasteiger partial charge in [-0.2, -0.15) is 0 Å². The lowest BCUT2D eigenvalue weighted by Gasteiger charge is -2.06. The number of ether oxygens (including phenoxy) is 1. The normalized spacial score (nSPS) is 10.6. The molecule has 4 rings (SSSR count). The Morgan fingerprint density at radius 3 is 2.34 bits per heavy atom. The number of rotatable bonds is 5. The van der Waals surface area contributed by atoms with Gasteiger partial charge in [0.05, 0.1) is 17.3 Å². The van der Waals surface area contributed by atoms with E-state index in [9.17, 15) is 4.79 Å². The van der Waals surface area contributed by atoms with E-state index in [0.717, 1.165) is 21.3 Å².